The minimum atomic E-state index is -4.50. The van der Waals surface area contributed by atoms with E-state index in [4.69, 9.17) is 9.84 Å². The largest absolute Gasteiger partial charge is 0.490 e. The molecule has 7 heteroatoms. The Morgan fingerprint density at radius 3 is 2.38 bits per heavy atom. The van der Waals surface area contributed by atoms with E-state index < -0.39 is 17.7 Å². The number of alkyl halides is 3. The molecule has 4 rings (SSSR count). The van der Waals surface area contributed by atoms with Crippen molar-refractivity contribution >= 4 is 16.7 Å². The first-order chi connectivity index (χ1) is 16.2. The van der Waals surface area contributed by atoms with E-state index in [1.54, 1.807) is 18.2 Å². The normalized spacial score (nSPS) is 22.7. The molecule has 0 amide bonds. The van der Waals surface area contributed by atoms with Crippen molar-refractivity contribution in [1.82, 2.24) is 4.90 Å². The number of piperidine rings is 1. The number of aryl methyl sites for hydroxylation is 1. The lowest BCUT2D eigenvalue weighted by Gasteiger charge is -2.30. The third-order valence-electron chi connectivity index (χ3n) is 7.46. The molecule has 2 aromatic carbocycles. The lowest BCUT2D eigenvalue weighted by atomic mass is 9.89. The number of rotatable bonds is 7. The molecule has 1 aliphatic carbocycles. The summed E-state index contributed by atoms with van der Waals surface area (Å²) in [5.74, 6) is -0.439. The van der Waals surface area contributed by atoms with E-state index in [1.165, 1.54) is 6.07 Å². The van der Waals surface area contributed by atoms with Gasteiger partial charge in [-0.05, 0) is 99.3 Å². The molecule has 0 bridgehead atoms. The quantitative estimate of drug-likeness (QED) is 0.492. The number of aliphatic carboxylic acids is 1. The topological polar surface area (TPSA) is 49.8 Å². The lowest BCUT2D eigenvalue weighted by Crippen LogP contribution is -2.36. The zero-order valence-electron chi connectivity index (χ0n) is 19.7. The molecule has 0 radical (unpaired) electrons. The van der Waals surface area contributed by atoms with Crippen molar-refractivity contribution in [2.75, 3.05) is 19.6 Å². The van der Waals surface area contributed by atoms with E-state index in [2.05, 4.69) is 11.8 Å². The number of likely N-dealkylation sites (tertiary alicyclic amines) is 1. The predicted octanol–water partition coefficient (Wildman–Crippen LogP) is 6.55. The molecular weight excluding hydrogens is 443 g/mol. The van der Waals surface area contributed by atoms with E-state index in [0.717, 1.165) is 57.3 Å². The van der Waals surface area contributed by atoms with Crippen molar-refractivity contribution in [3.63, 3.8) is 0 Å². The minimum absolute atomic E-state index is 0.0574. The number of halogens is 3. The molecule has 4 nitrogen and oxygen atoms in total. The maximum Gasteiger partial charge on any atom is 0.420 e. The Hall–Kier alpha value is -2.28. The average Bonchev–Trinajstić information content (AvgIpc) is 2.80. The molecule has 0 atom stereocenters. The van der Waals surface area contributed by atoms with Gasteiger partial charge >= 0.3 is 12.1 Å². The Bertz CT molecular complexity index is 991. The fraction of sp³-hybridized carbons (Fsp3) is 0.593. The molecule has 0 aromatic heterocycles. The van der Waals surface area contributed by atoms with Crippen LogP contribution in [0.25, 0.3) is 10.8 Å². The van der Waals surface area contributed by atoms with Crippen molar-refractivity contribution in [2.45, 2.75) is 70.6 Å². The van der Waals surface area contributed by atoms with Crippen molar-refractivity contribution < 1.29 is 27.8 Å². The molecule has 1 N–H and O–H groups in total. The van der Waals surface area contributed by atoms with E-state index in [0.29, 0.717) is 30.6 Å². The molecule has 186 valence electrons. The Balaban J connectivity index is 1.46. The Kier molecular flexibility index (Phi) is 7.70. The summed E-state index contributed by atoms with van der Waals surface area (Å²) in [6.07, 6.45) is 1.70. The number of hydrogen-bond donors (Lipinski definition) is 1. The Morgan fingerprint density at radius 2 is 1.74 bits per heavy atom. The number of carboxylic acids is 1. The second kappa shape index (κ2) is 10.5. The van der Waals surface area contributed by atoms with Crippen LogP contribution < -0.4 is 4.74 Å². The summed E-state index contributed by atoms with van der Waals surface area (Å²) in [5, 5.41) is 9.90. The van der Waals surface area contributed by atoms with Crippen LogP contribution in [0.1, 0.15) is 63.0 Å². The fourth-order valence-corrected chi connectivity index (χ4v) is 5.33. The summed E-state index contributed by atoms with van der Waals surface area (Å²) in [6.45, 7) is 4.51. The van der Waals surface area contributed by atoms with Crippen LogP contribution in [-0.2, 0) is 17.4 Å². The van der Waals surface area contributed by atoms with Crippen LogP contribution in [0.4, 0.5) is 13.2 Å². The summed E-state index contributed by atoms with van der Waals surface area (Å²) < 4.78 is 48.5. The van der Waals surface area contributed by atoms with Crippen LogP contribution in [-0.4, -0.2) is 41.7 Å². The molecule has 34 heavy (non-hydrogen) atoms. The maximum atomic E-state index is 14.2. The number of fused-ring (bicyclic) bond motifs is 1. The van der Waals surface area contributed by atoms with E-state index >= 15 is 0 Å². The van der Waals surface area contributed by atoms with Crippen molar-refractivity contribution in [1.29, 1.82) is 0 Å². The van der Waals surface area contributed by atoms with Gasteiger partial charge in [0.25, 0.3) is 0 Å². The number of carboxylic acid groups (broad SMARTS) is 1. The first-order valence-corrected chi connectivity index (χ1v) is 12.5. The Labute approximate surface area is 199 Å². The van der Waals surface area contributed by atoms with Gasteiger partial charge in [0.2, 0.25) is 0 Å². The van der Waals surface area contributed by atoms with Crippen molar-refractivity contribution in [3.05, 3.63) is 41.5 Å². The monoisotopic (exact) mass is 477 g/mol. The van der Waals surface area contributed by atoms with Gasteiger partial charge < -0.3 is 14.7 Å². The van der Waals surface area contributed by atoms with Gasteiger partial charge in [0.05, 0.1) is 12.0 Å². The van der Waals surface area contributed by atoms with Crippen LogP contribution in [0.5, 0.6) is 5.75 Å². The maximum absolute atomic E-state index is 14.2. The molecule has 1 aliphatic heterocycles. The second-order valence-corrected chi connectivity index (χ2v) is 10.0. The van der Waals surface area contributed by atoms with Gasteiger partial charge in [-0.3, -0.25) is 4.79 Å². The lowest BCUT2D eigenvalue weighted by molar-refractivity contribution is -0.143. The first-order valence-electron chi connectivity index (χ1n) is 12.5. The highest BCUT2D eigenvalue weighted by Gasteiger charge is 2.37. The summed E-state index contributed by atoms with van der Waals surface area (Å²) in [7, 11) is 0. The molecule has 0 unspecified atom stereocenters. The van der Waals surface area contributed by atoms with E-state index in [-0.39, 0.29) is 23.2 Å². The highest BCUT2D eigenvalue weighted by molar-refractivity contribution is 5.89. The van der Waals surface area contributed by atoms with Crippen LogP contribution in [0.2, 0.25) is 0 Å². The third-order valence-corrected chi connectivity index (χ3v) is 7.46. The van der Waals surface area contributed by atoms with Crippen molar-refractivity contribution in [3.8, 4) is 5.75 Å². The zero-order valence-corrected chi connectivity index (χ0v) is 19.7. The van der Waals surface area contributed by atoms with Gasteiger partial charge in [0.15, 0.2) is 0 Å². The molecule has 2 aliphatic rings. The molecular formula is C27H34F3NO3. The minimum Gasteiger partial charge on any atom is -0.490 e. The standard InChI is InChI=1S/C27H34F3NO3/c1-18-4-9-22(10-5-18)34-24-11-8-20-7-6-19(17-23(20)25(24)27(28,29)30)3-2-14-31-15-12-21(13-16-31)26(32)33/h6-8,11,17-18,21-22H,2-5,9-10,12-16H2,1H3,(H,32,33). The number of nitrogens with zero attached hydrogens (tertiary/aromatic N) is 1. The predicted molar refractivity (Wildman–Crippen MR) is 126 cm³/mol. The molecule has 1 saturated heterocycles. The fourth-order valence-electron chi connectivity index (χ4n) is 5.33. The summed E-state index contributed by atoms with van der Waals surface area (Å²) in [4.78, 5) is 13.4. The van der Waals surface area contributed by atoms with Crippen LogP contribution in [0.15, 0.2) is 30.3 Å². The highest BCUT2D eigenvalue weighted by Crippen LogP contribution is 2.43. The summed E-state index contributed by atoms with van der Waals surface area (Å²) in [5.41, 5.74) is 0.211. The van der Waals surface area contributed by atoms with E-state index in [9.17, 15) is 18.0 Å². The second-order valence-electron chi connectivity index (χ2n) is 10.0. The SMILES string of the molecule is CC1CCC(Oc2ccc3ccc(CCCN4CCC(C(=O)O)CC4)cc3c2C(F)(F)F)CC1. The highest BCUT2D eigenvalue weighted by atomic mass is 19.4. The number of carbonyl (C=O) groups is 1. The Morgan fingerprint density at radius 1 is 1.06 bits per heavy atom. The number of benzene rings is 2. The van der Waals surface area contributed by atoms with E-state index in [1.807, 2.05) is 6.07 Å². The molecule has 1 heterocycles. The summed E-state index contributed by atoms with van der Waals surface area (Å²) >= 11 is 0. The third kappa shape index (κ3) is 6.04. The number of ether oxygens (including phenoxy) is 1. The summed E-state index contributed by atoms with van der Waals surface area (Å²) in [6, 6.07) is 8.54. The first kappa shape index (κ1) is 24.8. The van der Waals surface area contributed by atoms with Gasteiger partial charge in [-0.1, -0.05) is 31.2 Å². The van der Waals surface area contributed by atoms with Crippen LogP contribution >= 0.6 is 0 Å². The van der Waals surface area contributed by atoms with Crippen molar-refractivity contribution in [2.24, 2.45) is 11.8 Å². The van der Waals surface area contributed by atoms with Crippen LogP contribution in [0, 0.1) is 11.8 Å². The average molecular weight is 478 g/mol. The smallest absolute Gasteiger partial charge is 0.420 e. The molecule has 2 fully saturated rings. The van der Waals surface area contributed by atoms with Gasteiger partial charge in [-0.25, -0.2) is 0 Å². The number of hydrogen-bond acceptors (Lipinski definition) is 3. The van der Waals surface area contributed by atoms with Crippen LogP contribution in [0.3, 0.4) is 0 Å². The zero-order chi connectivity index (χ0) is 24.3. The van der Waals surface area contributed by atoms with Gasteiger partial charge in [0, 0.05) is 0 Å². The van der Waals surface area contributed by atoms with Gasteiger partial charge in [-0.15, -0.1) is 0 Å². The molecule has 0 spiro atoms. The van der Waals surface area contributed by atoms with Gasteiger partial charge in [-0.2, -0.15) is 13.2 Å². The molecule has 1 saturated carbocycles. The van der Waals surface area contributed by atoms with Gasteiger partial charge in [0.1, 0.15) is 11.3 Å². The molecule has 2 aromatic rings.